The summed E-state index contributed by atoms with van der Waals surface area (Å²) in [5.41, 5.74) is 0. The lowest BCUT2D eigenvalue weighted by Gasteiger charge is -2.56. The summed E-state index contributed by atoms with van der Waals surface area (Å²) in [5, 5.41) is 8.95. The molecule has 19 heavy (non-hydrogen) atoms. The number of aliphatic carboxylic acids is 1. The molecule has 3 nitrogen and oxygen atoms in total. The third-order valence-corrected chi connectivity index (χ3v) is 6.38. The summed E-state index contributed by atoms with van der Waals surface area (Å²) in [6.07, 6.45) is 8.88. The first-order valence-corrected chi connectivity index (χ1v) is 8.15. The first-order valence-electron chi connectivity index (χ1n) is 8.15. The smallest absolute Gasteiger partial charge is 0.303 e. The molecule has 5 rings (SSSR count). The van der Waals surface area contributed by atoms with E-state index in [1.807, 2.05) is 0 Å². The van der Waals surface area contributed by atoms with E-state index in [4.69, 9.17) is 5.11 Å². The van der Waals surface area contributed by atoms with Gasteiger partial charge in [0.2, 0.25) is 0 Å². The van der Waals surface area contributed by atoms with Gasteiger partial charge in [-0.05, 0) is 74.7 Å². The maximum atomic E-state index is 10.9. The van der Waals surface area contributed by atoms with Gasteiger partial charge in [-0.25, -0.2) is 0 Å². The Morgan fingerprint density at radius 1 is 1.05 bits per heavy atom. The maximum absolute atomic E-state index is 10.9. The van der Waals surface area contributed by atoms with E-state index in [1.165, 1.54) is 32.1 Å². The molecule has 1 saturated heterocycles. The van der Waals surface area contributed by atoms with E-state index in [-0.39, 0.29) is 0 Å². The molecule has 0 aromatic rings. The molecular weight excluding hydrogens is 238 g/mol. The third-order valence-electron chi connectivity index (χ3n) is 6.38. The van der Waals surface area contributed by atoms with Crippen molar-refractivity contribution in [2.24, 2.45) is 29.6 Å². The molecule has 106 valence electrons. The summed E-state index contributed by atoms with van der Waals surface area (Å²) in [6, 6.07) is 0.812. The van der Waals surface area contributed by atoms with Crippen LogP contribution >= 0.6 is 0 Å². The first-order chi connectivity index (χ1) is 9.19. The van der Waals surface area contributed by atoms with Crippen LogP contribution in [-0.2, 0) is 4.79 Å². The second-order valence-corrected chi connectivity index (χ2v) is 7.67. The van der Waals surface area contributed by atoms with Gasteiger partial charge < -0.3 is 5.11 Å². The van der Waals surface area contributed by atoms with Crippen molar-refractivity contribution in [1.82, 2.24) is 4.90 Å². The van der Waals surface area contributed by atoms with Gasteiger partial charge in [0.25, 0.3) is 0 Å². The lowest BCUT2D eigenvalue weighted by Crippen LogP contribution is -2.55. The normalized spacial score (nSPS) is 48.8. The van der Waals surface area contributed by atoms with E-state index in [0.717, 1.165) is 49.2 Å². The van der Waals surface area contributed by atoms with Crippen molar-refractivity contribution in [3.63, 3.8) is 0 Å². The summed E-state index contributed by atoms with van der Waals surface area (Å²) in [7, 11) is 0. The van der Waals surface area contributed by atoms with Gasteiger partial charge >= 0.3 is 5.97 Å². The molecule has 4 saturated carbocycles. The Bertz CT molecular complexity index is 353. The summed E-state index contributed by atoms with van der Waals surface area (Å²) in [5.74, 6) is 3.76. The Kier molecular flexibility index (Phi) is 2.87. The van der Waals surface area contributed by atoms with Crippen LogP contribution in [0.5, 0.6) is 0 Å². The fourth-order valence-electron chi connectivity index (χ4n) is 6.04. The van der Waals surface area contributed by atoms with Gasteiger partial charge in [0, 0.05) is 19.0 Å². The minimum absolute atomic E-state index is 0.379. The minimum Gasteiger partial charge on any atom is -0.481 e. The Morgan fingerprint density at radius 2 is 1.68 bits per heavy atom. The van der Waals surface area contributed by atoms with Gasteiger partial charge in [-0.15, -0.1) is 0 Å². The zero-order valence-corrected chi connectivity index (χ0v) is 11.6. The highest BCUT2D eigenvalue weighted by Gasteiger charge is 2.50. The summed E-state index contributed by atoms with van der Waals surface area (Å²) >= 11 is 0. The van der Waals surface area contributed by atoms with Gasteiger partial charge in [0.15, 0.2) is 0 Å². The molecule has 1 unspecified atom stereocenters. The average Bonchev–Trinajstić information content (AvgIpc) is 2.75. The standard InChI is InChI=1S/C16H25NO2/c18-15(19)8-10-1-2-17(9-10)16-13-4-11-3-12(6-13)7-14(16)5-11/h10-14,16H,1-9H2,(H,18,19). The topological polar surface area (TPSA) is 40.5 Å². The van der Waals surface area contributed by atoms with E-state index in [1.54, 1.807) is 0 Å². The van der Waals surface area contributed by atoms with Crippen LogP contribution in [0.2, 0.25) is 0 Å². The molecule has 0 aromatic carbocycles. The number of carboxylic acid groups (broad SMARTS) is 1. The zero-order chi connectivity index (χ0) is 13.0. The van der Waals surface area contributed by atoms with Crippen LogP contribution in [-0.4, -0.2) is 35.1 Å². The monoisotopic (exact) mass is 263 g/mol. The second-order valence-electron chi connectivity index (χ2n) is 7.67. The molecule has 1 heterocycles. The lowest BCUT2D eigenvalue weighted by atomic mass is 9.54. The molecule has 5 fully saturated rings. The van der Waals surface area contributed by atoms with E-state index in [0.29, 0.717) is 12.3 Å². The van der Waals surface area contributed by atoms with E-state index in [9.17, 15) is 4.79 Å². The quantitative estimate of drug-likeness (QED) is 0.851. The Morgan fingerprint density at radius 3 is 2.26 bits per heavy atom. The zero-order valence-electron chi connectivity index (χ0n) is 11.6. The van der Waals surface area contributed by atoms with Crippen molar-refractivity contribution in [3.05, 3.63) is 0 Å². The van der Waals surface area contributed by atoms with Crippen molar-refractivity contribution in [2.75, 3.05) is 13.1 Å². The van der Waals surface area contributed by atoms with E-state index >= 15 is 0 Å². The van der Waals surface area contributed by atoms with Crippen molar-refractivity contribution in [2.45, 2.75) is 51.0 Å². The molecule has 0 aromatic heterocycles. The fourth-order valence-corrected chi connectivity index (χ4v) is 6.04. The predicted octanol–water partition coefficient (Wildman–Crippen LogP) is 2.61. The third kappa shape index (κ3) is 2.10. The number of likely N-dealkylation sites (tertiary alicyclic amines) is 1. The van der Waals surface area contributed by atoms with Gasteiger partial charge in [0.05, 0.1) is 0 Å². The molecule has 1 atom stereocenters. The molecular formula is C16H25NO2. The van der Waals surface area contributed by atoms with Gasteiger partial charge in [0.1, 0.15) is 0 Å². The molecule has 1 aliphatic heterocycles. The summed E-state index contributed by atoms with van der Waals surface area (Å²) < 4.78 is 0. The molecule has 5 aliphatic rings. The lowest BCUT2D eigenvalue weighted by molar-refractivity contribution is -0.138. The van der Waals surface area contributed by atoms with Crippen molar-refractivity contribution in [1.29, 1.82) is 0 Å². The molecule has 3 heteroatoms. The highest BCUT2D eigenvalue weighted by molar-refractivity contribution is 5.67. The Balaban J connectivity index is 1.44. The number of carboxylic acids is 1. The molecule has 0 amide bonds. The minimum atomic E-state index is -0.614. The van der Waals surface area contributed by atoms with Crippen LogP contribution in [0.25, 0.3) is 0 Å². The molecule has 0 radical (unpaired) electrons. The van der Waals surface area contributed by atoms with Gasteiger partial charge in [-0.3, -0.25) is 9.69 Å². The molecule has 0 spiro atoms. The Hall–Kier alpha value is -0.570. The fraction of sp³-hybridized carbons (Fsp3) is 0.938. The maximum Gasteiger partial charge on any atom is 0.303 e. The second kappa shape index (κ2) is 4.47. The summed E-state index contributed by atoms with van der Waals surface area (Å²) in [6.45, 7) is 2.21. The van der Waals surface area contributed by atoms with Crippen LogP contribution < -0.4 is 0 Å². The number of hydrogen-bond donors (Lipinski definition) is 1. The Labute approximate surface area is 115 Å². The van der Waals surface area contributed by atoms with Crippen LogP contribution in [0.3, 0.4) is 0 Å². The SMILES string of the molecule is O=C(O)CC1CCN(C2C3CC4CC(C3)CC2C4)C1. The average molecular weight is 263 g/mol. The van der Waals surface area contributed by atoms with Gasteiger partial charge in [-0.2, -0.15) is 0 Å². The van der Waals surface area contributed by atoms with E-state index < -0.39 is 5.97 Å². The molecule has 4 aliphatic carbocycles. The van der Waals surface area contributed by atoms with Crippen molar-refractivity contribution >= 4 is 5.97 Å². The molecule has 4 bridgehead atoms. The molecule has 1 N–H and O–H groups in total. The highest BCUT2D eigenvalue weighted by Crippen LogP contribution is 2.55. The van der Waals surface area contributed by atoms with Crippen LogP contribution in [0.15, 0.2) is 0 Å². The first kappa shape index (κ1) is 12.2. The van der Waals surface area contributed by atoms with Crippen LogP contribution in [0.1, 0.15) is 44.9 Å². The van der Waals surface area contributed by atoms with E-state index in [2.05, 4.69) is 4.90 Å². The van der Waals surface area contributed by atoms with Gasteiger partial charge in [-0.1, -0.05) is 0 Å². The number of nitrogens with zero attached hydrogens (tertiary/aromatic N) is 1. The van der Waals surface area contributed by atoms with Crippen LogP contribution in [0, 0.1) is 29.6 Å². The van der Waals surface area contributed by atoms with Crippen LogP contribution in [0.4, 0.5) is 0 Å². The van der Waals surface area contributed by atoms with Crippen molar-refractivity contribution in [3.8, 4) is 0 Å². The number of rotatable bonds is 3. The largest absolute Gasteiger partial charge is 0.481 e. The number of hydrogen-bond acceptors (Lipinski definition) is 2. The predicted molar refractivity (Wildman–Crippen MR) is 72.8 cm³/mol. The number of carbonyl (C=O) groups is 1. The summed E-state index contributed by atoms with van der Waals surface area (Å²) in [4.78, 5) is 13.5. The van der Waals surface area contributed by atoms with Crippen molar-refractivity contribution < 1.29 is 9.90 Å². The highest BCUT2D eigenvalue weighted by atomic mass is 16.4.